The summed E-state index contributed by atoms with van der Waals surface area (Å²) in [6, 6.07) is 5.97. The lowest BCUT2D eigenvalue weighted by molar-refractivity contribution is -0.664. The van der Waals surface area contributed by atoms with E-state index in [0.717, 1.165) is 11.4 Å². The Hall–Kier alpha value is -1.89. The van der Waals surface area contributed by atoms with Gasteiger partial charge in [0, 0.05) is 5.56 Å². The molecule has 0 aromatic carbocycles. The summed E-state index contributed by atoms with van der Waals surface area (Å²) in [5.41, 5.74) is 1.07. The number of aryl methyl sites for hydroxylation is 1. The second kappa shape index (κ2) is 3.70. The van der Waals surface area contributed by atoms with Gasteiger partial charge in [0.2, 0.25) is 0 Å². The molecule has 2 rings (SSSR count). The molecule has 1 amide bonds. The van der Waals surface area contributed by atoms with E-state index in [-0.39, 0.29) is 5.91 Å². The third kappa shape index (κ3) is 1.57. The van der Waals surface area contributed by atoms with E-state index in [4.69, 9.17) is 5.26 Å². The summed E-state index contributed by atoms with van der Waals surface area (Å²) in [6.45, 7) is 2.85. The molecule has 1 aliphatic heterocycles. The van der Waals surface area contributed by atoms with Crippen molar-refractivity contribution in [1.29, 1.82) is 5.26 Å². The molecule has 0 saturated carbocycles. The minimum absolute atomic E-state index is 0.0690. The van der Waals surface area contributed by atoms with Gasteiger partial charge < -0.3 is 0 Å². The second-order valence-corrected chi connectivity index (χ2v) is 3.60. The molecule has 1 aromatic rings. The molecule has 0 bridgehead atoms. The van der Waals surface area contributed by atoms with Gasteiger partial charge in [0.1, 0.15) is 6.54 Å². The topological polar surface area (TPSA) is 48.0 Å². The van der Waals surface area contributed by atoms with E-state index in [1.807, 2.05) is 29.8 Å². The molecule has 1 aliphatic rings. The highest BCUT2D eigenvalue weighted by atomic mass is 16.2. The Morgan fingerprint density at radius 3 is 3.20 bits per heavy atom. The predicted molar refractivity (Wildman–Crippen MR) is 54.0 cm³/mol. The SMILES string of the molecule is Cc1ccc[n+]2c1N(CCC#N)C(=O)C2. The van der Waals surface area contributed by atoms with Crippen LogP contribution in [0.25, 0.3) is 0 Å². The summed E-state index contributed by atoms with van der Waals surface area (Å²) >= 11 is 0. The van der Waals surface area contributed by atoms with Crippen LogP contribution in [0.2, 0.25) is 0 Å². The van der Waals surface area contributed by atoms with Crippen LogP contribution in [0.4, 0.5) is 5.82 Å². The van der Waals surface area contributed by atoms with Crippen molar-refractivity contribution in [2.24, 2.45) is 0 Å². The minimum atomic E-state index is 0.0690. The number of fused-ring (bicyclic) bond motifs is 1. The van der Waals surface area contributed by atoms with Crippen molar-refractivity contribution >= 4 is 11.7 Å². The lowest BCUT2D eigenvalue weighted by Crippen LogP contribution is -2.31. The van der Waals surface area contributed by atoms with E-state index in [2.05, 4.69) is 6.07 Å². The second-order valence-electron chi connectivity index (χ2n) is 3.60. The maximum absolute atomic E-state index is 11.7. The number of nitrogens with zero attached hydrogens (tertiary/aromatic N) is 3. The molecule has 0 spiro atoms. The molecule has 0 fully saturated rings. The fraction of sp³-hybridized carbons (Fsp3) is 0.364. The van der Waals surface area contributed by atoms with Crippen molar-refractivity contribution in [2.75, 3.05) is 11.4 Å². The lowest BCUT2D eigenvalue weighted by Gasteiger charge is -2.07. The first kappa shape index (κ1) is 9.66. The quantitative estimate of drug-likeness (QED) is 0.657. The van der Waals surface area contributed by atoms with E-state index < -0.39 is 0 Å². The van der Waals surface area contributed by atoms with Gasteiger partial charge in [-0.1, -0.05) is 0 Å². The highest BCUT2D eigenvalue weighted by Gasteiger charge is 2.36. The van der Waals surface area contributed by atoms with E-state index in [0.29, 0.717) is 19.5 Å². The fourth-order valence-electron chi connectivity index (χ4n) is 1.90. The van der Waals surface area contributed by atoms with Crippen molar-refractivity contribution in [3.63, 3.8) is 0 Å². The minimum Gasteiger partial charge on any atom is -0.242 e. The van der Waals surface area contributed by atoms with Gasteiger partial charge in [0.25, 0.3) is 5.82 Å². The van der Waals surface area contributed by atoms with Gasteiger partial charge in [-0.25, -0.2) is 9.36 Å². The molecule has 4 heteroatoms. The number of hydrogen-bond acceptors (Lipinski definition) is 2. The monoisotopic (exact) mass is 202 g/mol. The maximum atomic E-state index is 11.7. The number of carbonyl (C=O) groups is 1. The molecule has 0 atom stereocenters. The van der Waals surface area contributed by atoms with Gasteiger partial charge in [-0.3, -0.25) is 0 Å². The number of rotatable bonds is 2. The summed E-state index contributed by atoms with van der Waals surface area (Å²) in [5.74, 6) is 0.998. The van der Waals surface area contributed by atoms with Crippen molar-refractivity contribution in [3.8, 4) is 6.07 Å². The molecule has 0 saturated heterocycles. The first-order valence-electron chi connectivity index (χ1n) is 4.90. The summed E-state index contributed by atoms with van der Waals surface area (Å²) in [5, 5.41) is 8.54. The van der Waals surface area contributed by atoms with Gasteiger partial charge >= 0.3 is 5.91 Å². The smallest absolute Gasteiger partial charge is 0.242 e. The standard InChI is InChI=1S/C11H12N3O/c1-9-4-2-6-13-8-10(15)14(11(9)13)7-3-5-12/h2,4,6H,3,7-8H2,1H3/q+1. The first-order valence-corrected chi connectivity index (χ1v) is 4.90. The Kier molecular flexibility index (Phi) is 2.38. The number of carbonyl (C=O) groups excluding carboxylic acids is 1. The highest BCUT2D eigenvalue weighted by molar-refractivity contribution is 5.93. The van der Waals surface area contributed by atoms with Gasteiger partial charge in [-0.05, 0) is 19.1 Å². The van der Waals surface area contributed by atoms with Crippen LogP contribution in [0.5, 0.6) is 0 Å². The number of pyridine rings is 1. The molecule has 1 aromatic heterocycles. The Morgan fingerprint density at radius 1 is 1.67 bits per heavy atom. The Bertz CT molecular complexity index is 448. The summed E-state index contributed by atoms with van der Waals surface area (Å²) in [7, 11) is 0. The number of anilines is 1. The summed E-state index contributed by atoms with van der Waals surface area (Å²) in [4.78, 5) is 13.4. The molecular formula is C11H12N3O+. The van der Waals surface area contributed by atoms with Crippen molar-refractivity contribution in [2.45, 2.75) is 19.9 Å². The van der Waals surface area contributed by atoms with Crippen LogP contribution in [-0.4, -0.2) is 12.5 Å². The van der Waals surface area contributed by atoms with Crippen LogP contribution in [-0.2, 0) is 11.3 Å². The molecule has 76 valence electrons. The van der Waals surface area contributed by atoms with Crippen LogP contribution in [0.3, 0.4) is 0 Å². The zero-order valence-corrected chi connectivity index (χ0v) is 8.60. The number of aromatic nitrogens is 1. The Morgan fingerprint density at radius 2 is 2.47 bits per heavy atom. The van der Waals surface area contributed by atoms with Gasteiger partial charge in [-0.15, -0.1) is 0 Å². The molecule has 2 heterocycles. The molecule has 4 nitrogen and oxygen atoms in total. The van der Waals surface area contributed by atoms with Crippen LogP contribution >= 0.6 is 0 Å². The fourth-order valence-corrected chi connectivity index (χ4v) is 1.90. The van der Waals surface area contributed by atoms with E-state index >= 15 is 0 Å². The van der Waals surface area contributed by atoms with Gasteiger partial charge in [0.05, 0.1) is 18.7 Å². The predicted octanol–water partition coefficient (Wildman–Crippen LogP) is 0.543. The number of amides is 1. The molecule has 0 radical (unpaired) electrons. The third-order valence-corrected chi connectivity index (χ3v) is 2.55. The Balaban J connectivity index is 2.36. The molecule has 15 heavy (non-hydrogen) atoms. The molecule has 0 N–H and O–H groups in total. The lowest BCUT2D eigenvalue weighted by atomic mass is 10.2. The van der Waals surface area contributed by atoms with Crippen molar-refractivity contribution < 1.29 is 9.36 Å². The largest absolute Gasteiger partial charge is 0.351 e. The highest BCUT2D eigenvalue weighted by Crippen LogP contribution is 2.19. The van der Waals surface area contributed by atoms with Crippen LogP contribution in [0.1, 0.15) is 12.0 Å². The third-order valence-electron chi connectivity index (χ3n) is 2.55. The Labute approximate surface area is 88.4 Å². The molecule has 0 unspecified atom stereocenters. The molecule has 0 aliphatic carbocycles. The number of hydrogen-bond donors (Lipinski definition) is 0. The molecular weight excluding hydrogens is 190 g/mol. The maximum Gasteiger partial charge on any atom is 0.351 e. The van der Waals surface area contributed by atoms with Crippen molar-refractivity contribution in [1.82, 2.24) is 0 Å². The summed E-state index contributed by atoms with van der Waals surface area (Å²) < 4.78 is 1.93. The van der Waals surface area contributed by atoms with Crippen LogP contribution < -0.4 is 9.47 Å². The van der Waals surface area contributed by atoms with E-state index in [9.17, 15) is 4.79 Å². The average molecular weight is 202 g/mol. The van der Waals surface area contributed by atoms with Gasteiger partial charge in [0.15, 0.2) is 6.54 Å². The van der Waals surface area contributed by atoms with Crippen LogP contribution in [0, 0.1) is 18.3 Å². The first-order chi connectivity index (χ1) is 7.24. The zero-order chi connectivity index (χ0) is 10.8. The summed E-state index contributed by atoms with van der Waals surface area (Å²) in [6.07, 6.45) is 2.27. The van der Waals surface area contributed by atoms with Crippen molar-refractivity contribution in [3.05, 3.63) is 23.9 Å². The van der Waals surface area contributed by atoms with Gasteiger partial charge in [-0.2, -0.15) is 10.2 Å². The van der Waals surface area contributed by atoms with Crippen LogP contribution in [0.15, 0.2) is 18.3 Å². The zero-order valence-electron chi connectivity index (χ0n) is 8.60. The number of nitriles is 1. The van der Waals surface area contributed by atoms with E-state index in [1.54, 1.807) is 4.90 Å². The van der Waals surface area contributed by atoms with E-state index in [1.165, 1.54) is 0 Å². The average Bonchev–Trinajstić information content (AvgIpc) is 2.53. The normalized spacial score (nSPS) is 13.9.